The Morgan fingerprint density at radius 3 is 3.07 bits per heavy atom. The Morgan fingerprint density at radius 1 is 1.43 bits per heavy atom. The number of likely N-dealkylation sites (tertiary alicyclic amines) is 1. The number of hydrogen-bond acceptors (Lipinski definition) is 3. The van der Waals surface area contributed by atoms with E-state index in [2.05, 4.69) is 29.0 Å². The van der Waals surface area contributed by atoms with Crippen LogP contribution >= 0.6 is 11.8 Å². The van der Waals surface area contributed by atoms with Crippen LogP contribution < -0.4 is 5.32 Å². The fourth-order valence-electron chi connectivity index (χ4n) is 2.66. The lowest BCUT2D eigenvalue weighted by atomic mass is 10.1. The average molecular weight is 214 g/mol. The molecular weight excluding hydrogens is 192 g/mol. The number of nitrogens with zero attached hydrogens (tertiary/aromatic N) is 1. The molecule has 0 bridgehead atoms. The van der Waals surface area contributed by atoms with Crippen LogP contribution in [0.4, 0.5) is 0 Å². The summed E-state index contributed by atoms with van der Waals surface area (Å²) in [5, 5.41) is 3.30. The van der Waals surface area contributed by atoms with Crippen molar-refractivity contribution < 1.29 is 0 Å². The van der Waals surface area contributed by atoms with Crippen LogP contribution in [0.15, 0.2) is 0 Å². The molecule has 0 aliphatic carbocycles. The van der Waals surface area contributed by atoms with Gasteiger partial charge >= 0.3 is 0 Å². The third kappa shape index (κ3) is 2.65. The summed E-state index contributed by atoms with van der Waals surface area (Å²) in [5.74, 6) is 3.68. The lowest BCUT2D eigenvalue weighted by Gasteiger charge is -2.30. The van der Waals surface area contributed by atoms with Gasteiger partial charge in [-0.1, -0.05) is 0 Å². The Labute approximate surface area is 91.8 Å². The molecule has 0 saturated carbocycles. The lowest BCUT2D eigenvalue weighted by molar-refractivity contribution is 0.237. The van der Waals surface area contributed by atoms with Crippen molar-refractivity contribution >= 4 is 11.8 Å². The standard InChI is InChI=1S/C11H22N2S/c1-12-7-10-4-5-13(8-10)11-3-2-6-14-9-11/h10-12H,2-9H2,1H3. The van der Waals surface area contributed by atoms with Crippen molar-refractivity contribution in [3.05, 3.63) is 0 Å². The minimum Gasteiger partial charge on any atom is -0.319 e. The molecule has 2 nitrogen and oxygen atoms in total. The minimum absolute atomic E-state index is 0.899. The summed E-state index contributed by atoms with van der Waals surface area (Å²) in [7, 11) is 2.07. The summed E-state index contributed by atoms with van der Waals surface area (Å²) in [4.78, 5) is 2.73. The van der Waals surface area contributed by atoms with Crippen molar-refractivity contribution in [2.75, 3.05) is 38.2 Å². The van der Waals surface area contributed by atoms with Gasteiger partial charge in [0.25, 0.3) is 0 Å². The van der Waals surface area contributed by atoms with E-state index in [1.807, 2.05) is 0 Å². The average Bonchev–Trinajstić information content (AvgIpc) is 2.68. The molecule has 2 atom stereocenters. The second-order valence-electron chi connectivity index (χ2n) is 4.58. The van der Waals surface area contributed by atoms with E-state index in [-0.39, 0.29) is 0 Å². The third-order valence-electron chi connectivity index (χ3n) is 3.46. The van der Waals surface area contributed by atoms with Crippen molar-refractivity contribution in [3.63, 3.8) is 0 Å². The maximum atomic E-state index is 3.30. The fourth-order valence-corrected chi connectivity index (χ4v) is 3.85. The summed E-state index contributed by atoms with van der Waals surface area (Å²) in [6.07, 6.45) is 4.28. The quantitative estimate of drug-likeness (QED) is 0.765. The van der Waals surface area contributed by atoms with Gasteiger partial charge < -0.3 is 5.32 Å². The predicted molar refractivity (Wildman–Crippen MR) is 64.0 cm³/mol. The van der Waals surface area contributed by atoms with Crippen LogP contribution in [0.2, 0.25) is 0 Å². The summed E-state index contributed by atoms with van der Waals surface area (Å²) < 4.78 is 0. The van der Waals surface area contributed by atoms with Crippen LogP contribution in [0.1, 0.15) is 19.3 Å². The van der Waals surface area contributed by atoms with Crippen LogP contribution in [0.25, 0.3) is 0 Å². The molecule has 0 amide bonds. The number of hydrogen-bond donors (Lipinski definition) is 1. The highest BCUT2D eigenvalue weighted by atomic mass is 32.2. The zero-order valence-corrected chi connectivity index (χ0v) is 9.98. The van der Waals surface area contributed by atoms with Gasteiger partial charge in [0.1, 0.15) is 0 Å². The van der Waals surface area contributed by atoms with E-state index in [0.29, 0.717) is 0 Å². The van der Waals surface area contributed by atoms with E-state index in [1.54, 1.807) is 0 Å². The molecule has 2 aliphatic rings. The number of rotatable bonds is 3. The van der Waals surface area contributed by atoms with Gasteiger partial charge in [-0.2, -0.15) is 11.8 Å². The van der Waals surface area contributed by atoms with E-state index in [1.165, 1.54) is 50.4 Å². The maximum absolute atomic E-state index is 3.30. The smallest absolute Gasteiger partial charge is 0.0186 e. The highest BCUT2D eigenvalue weighted by Crippen LogP contribution is 2.26. The van der Waals surface area contributed by atoms with Crippen LogP contribution in [0.5, 0.6) is 0 Å². The second-order valence-corrected chi connectivity index (χ2v) is 5.73. The molecule has 82 valence electrons. The molecule has 2 heterocycles. The largest absolute Gasteiger partial charge is 0.319 e. The van der Waals surface area contributed by atoms with Crippen LogP contribution in [0.3, 0.4) is 0 Å². The monoisotopic (exact) mass is 214 g/mol. The molecule has 14 heavy (non-hydrogen) atoms. The summed E-state index contributed by atoms with van der Waals surface area (Å²) in [6.45, 7) is 3.89. The molecule has 1 N–H and O–H groups in total. The first-order valence-corrected chi connectivity index (χ1v) is 7.02. The zero-order valence-electron chi connectivity index (χ0n) is 9.17. The van der Waals surface area contributed by atoms with Gasteiger partial charge in [0.05, 0.1) is 0 Å². The topological polar surface area (TPSA) is 15.3 Å². The fraction of sp³-hybridized carbons (Fsp3) is 1.00. The van der Waals surface area contributed by atoms with Crippen LogP contribution in [-0.4, -0.2) is 49.1 Å². The van der Waals surface area contributed by atoms with E-state index >= 15 is 0 Å². The molecule has 2 rings (SSSR count). The molecule has 2 saturated heterocycles. The molecule has 2 aliphatic heterocycles. The van der Waals surface area contributed by atoms with Gasteiger partial charge in [-0.25, -0.2) is 0 Å². The minimum atomic E-state index is 0.899. The first-order chi connectivity index (χ1) is 6.90. The van der Waals surface area contributed by atoms with Gasteiger partial charge in [-0.05, 0) is 51.1 Å². The molecule has 2 fully saturated rings. The van der Waals surface area contributed by atoms with Crippen LogP contribution in [0, 0.1) is 5.92 Å². The summed E-state index contributed by atoms with van der Waals surface area (Å²) >= 11 is 2.15. The number of thioether (sulfide) groups is 1. The highest BCUT2D eigenvalue weighted by molar-refractivity contribution is 7.99. The molecule has 0 spiro atoms. The van der Waals surface area contributed by atoms with Gasteiger partial charge in [0.15, 0.2) is 0 Å². The maximum Gasteiger partial charge on any atom is 0.0186 e. The van der Waals surface area contributed by atoms with Gasteiger partial charge in [0.2, 0.25) is 0 Å². The molecule has 0 aromatic carbocycles. The molecule has 0 aromatic rings. The molecule has 3 heteroatoms. The van der Waals surface area contributed by atoms with Crippen LogP contribution in [-0.2, 0) is 0 Å². The highest BCUT2D eigenvalue weighted by Gasteiger charge is 2.28. The van der Waals surface area contributed by atoms with Crippen molar-refractivity contribution in [3.8, 4) is 0 Å². The summed E-state index contributed by atoms with van der Waals surface area (Å²) in [6, 6.07) is 0.899. The second kappa shape index (κ2) is 5.38. The Hall–Kier alpha value is 0.270. The first-order valence-electron chi connectivity index (χ1n) is 5.86. The zero-order chi connectivity index (χ0) is 9.80. The normalized spacial score (nSPS) is 34.9. The molecule has 0 aromatic heterocycles. The predicted octanol–water partition coefficient (Wildman–Crippen LogP) is 1.42. The molecule has 2 unspecified atom stereocenters. The van der Waals surface area contributed by atoms with E-state index in [9.17, 15) is 0 Å². The first kappa shape index (κ1) is 10.8. The Kier molecular flexibility index (Phi) is 4.14. The van der Waals surface area contributed by atoms with E-state index < -0.39 is 0 Å². The van der Waals surface area contributed by atoms with Crippen molar-refractivity contribution in [1.29, 1.82) is 0 Å². The van der Waals surface area contributed by atoms with Gasteiger partial charge in [-0.15, -0.1) is 0 Å². The lowest BCUT2D eigenvalue weighted by Crippen LogP contribution is -2.37. The Balaban J connectivity index is 1.76. The summed E-state index contributed by atoms with van der Waals surface area (Å²) in [5.41, 5.74) is 0. The van der Waals surface area contributed by atoms with Crippen molar-refractivity contribution in [1.82, 2.24) is 10.2 Å². The Bertz CT molecular complexity index is 169. The van der Waals surface area contributed by atoms with Crippen molar-refractivity contribution in [2.45, 2.75) is 25.3 Å². The van der Waals surface area contributed by atoms with Gasteiger partial charge in [0, 0.05) is 18.3 Å². The Morgan fingerprint density at radius 2 is 2.36 bits per heavy atom. The SMILES string of the molecule is CNCC1CCN(C2CCCSC2)C1. The van der Waals surface area contributed by atoms with Crippen molar-refractivity contribution in [2.24, 2.45) is 5.92 Å². The molecular formula is C11H22N2S. The number of nitrogens with one attached hydrogen (secondary N) is 1. The van der Waals surface area contributed by atoms with E-state index in [0.717, 1.165) is 12.0 Å². The van der Waals surface area contributed by atoms with E-state index in [4.69, 9.17) is 0 Å². The third-order valence-corrected chi connectivity index (χ3v) is 4.66. The molecule has 0 radical (unpaired) electrons. The van der Waals surface area contributed by atoms with Gasteiger partial charge in [-0.3, -0.25) is 4.90 Å².